The minimum atomic E-state index is -0.455. The molecule has 1 spiro atoms. The lowest BCUT2D eigenvalue weighted by molar-refractivity contribution is 0.0767. The lowest BCUT2D eigenvalue weighted by Gasteiger charge is -2.42. The number of rotatable bonds is 1. The van der Waals surface area contributed by atoms with E-state index in [1.165, 1.54) is 0 Å². The number of nitrogens with zero attached hydrogens (tertiary/aromatic N) is 2. The molecule has 2 amide bonds. The molecule has 1 aliphatic carbocycles. The number of amides is 2. The van der Waals surface area contributed by atoms with E-state index >= 15 is 0 Å². The molecule has 3 aliphatic rings. The van der Waals surface area contributed by atoms with Crippen molar-refractivity contribution in [2.45, 2.75) is 18.5 Å². The van der Waals surface area contributed by atoms with Gasteiger partial charge in [-0.25, -0.2) is 0 Å². The monoisotopic (exact) mass is 348 g/mol. The standard InChI is InChI=1S/C20H20N4O2/c25-18-15-3-1-2-4-17(15)22-20(23-18)8-5-14-11-24(12-16(14)20)19(26)13-6-9-21-10-7-13/h1-4,6-7,9-10,14,16,22H,5,8,11-12H2,(H,23,25)/t14-,16+,20+/m1/s1. The molecule has 2 aliphatic heterocycles. The number of carbonyl (C=O) groups excluding carboxylic acids is 2. The highest BCUT2D eigenvalue weighted by molar-refractivity contribution is 6.02. The summed E-state index contributed by atoms with van der Waals surface area (Å²) in [5.41, 5.74) is 1.78. The average molecular weight is 348 g/mol. The number of fused-ring (bicyclic) bond motifs is 3. The van der Waals surface area contributed by atoms with Gasteiger partial charge >= 0.3 is 0 Å². The molecule has 0 radical (unpaired) electrons. The van der Waals surface area contributed by atoms with Crippen LogP contribution in [0.5, 0.6) is 0 Å². The van der Waals surface area contributed by atoms with Crippen LogP contribution in [0.4, 0.5) is 5.69 Å². The number of anilines is 1. The Kier molecular flexibility index (Phi) is 3.29. The lowest BCUT2D eigenvalue weighted by Crippen LogP contribution is -2.61. The highest BCUT2D eigenvalue weighted by Gasteiger charge is 2.55. The molecule has 3 atom stereocenters. The van der Waals surface area contributed by atoms with Crippen molar-refractivity contribution in [3.05, 3.63) is 59.9 Å². The van der Waals surface area contributed by atoms with Gasteiger partial charge in [-0.1, -0.05) is 12.1 Å². The summed E-state index contributed by atoms with van der Waals surface area (Å²) in [6, 6.07) is 11.1. The number of likely N-dealkylation sites (tertiary alicyclic amines) is 1. The summed E-state index contributed by atoms with van der Waals surface area (Å²) >= 11 is 0. The van der Waals surface area contributed by atoms with E-state index in [0.717, 1.165) is 25.1 Å². The molecule has 1 saturated carbocycles. The average Bonchev–Trinajstić information content (AvgIpc) is 3.23. The summed E-state index contributed by atoms with van der Waals surface area (Å²) in [6.45, 7) is 1.40. The molecule has 26 heavy (non-hydrogen) atoms. The summed E-state index contributed by atoms with van der Waals surface area (Å²) in [5.74, 6) is 0.628. The van der Waals surface area contributed by atoms with Gasteiger partial charge in [0.05, 0.1) is 5.56 Å². The van der Waals surface area contributed by atoms with Gasteiger partial charge in [0.25, 0.3) is 11.8 Å². The van der Waals surface area contributed by atoms with E-state index in [-0.39, 0.29) is 17.7 Å². The number of hydrogen-bond donors (Lipinski definition) is 2. The van der Waals surface area contributed by atoms with Crippen molar-refractivity contribution in [2.75, 3.05) is 18.4 Å². The van der Waals surface area contributed by atoms with E-state index in [4.69, 9.17) is 0 Å². The Balaban J connectivity index is 1.41. The molecular formula is C20H20N4O2. The largest absolute Gasteiger partial charge is 0.362 e. The Labute approximate surface area is 151 Å². The first-order valence-corrected chi connectivity index (χ1v) is 9.05. The molecular weight excluding hydrogens is 328 g/mol. The quantitative estimate of drug-likeness (QED) is 0.828. The molecule has 6 nitrogen and oxygen atoms in total. The van der Waals surface area contributed by atoms with E-state index in [0.29, 0.717) is 23.6 Å². The molecule has 1 saturated heterocycles. The molecule has 6 heteroatoms. The Morgan fingerprint density at radius 3 is 2.77 bits per heavy atom. The van der Waals surface area contributed by atoms with Crippen LogP contribution in [0.3, 0.4) is 0 Å². The number of carbonyl (C=O) groups is 2. The molecule has 0 unspecified atom stereocenters. The van der Waals surface area contributed by atoms with Crippen molar-refractivity contribution in [3.63, 3.8) is 0 Å². The first kappa shape index (κ1) is 15.4. The van der Waals surface area contributed by atoms with Crippen molar-refractivity contribution < 1.29 is 9.59 Å². The van der Waals surface area contributed by atoms with E-state index in [2.05, 4.69) is 15.6 Å². The third kappa shape index (κ3) is 2.21. The van der Waals surface area contributed by atoms with Crippen LogP contribution in [-0.4, -0.2) is 40.5 Å². The molecule has 0 bridgehead atoms. The summed E-state index contributed by atoms with van der Waals surface area (Å²) in [6.07, 6.45) is 5.18. The second kappa shape index (κ2) is 5.56. The van der Waals surface area contributed by atoms with Gasteiger partial charge in [-0.15, -0.1) is 0 Å². The SMILES string of the molecule is O=C1N[C@]2(CC[C@@H]3CN(C(=O)c4ccncc4)C[C@@H]32)Nc2ccccc21. The Bertz CT molecular complexity index is 884. The number of para-hydroxylation sites is 1. The second-order valence-electron chi connectivity index (χ2n) is 7.45. The van der Waals surface area contributed by atoms with Gasteiger partial charge < -0.3 is 15.5 Å². The zero-order chi connectivity index (χ0) is 17.7. The van der Waals surface area contributed by atoms with Gasteiger partial charge in [0, 0.05) is 42.7 Å². The summed E-state index contributed by atoms with van der Waals surface area (Å²) in [5, 5.41) is 6.81. The fourth-order valence-corrected chi connectivity index (χ4v) is 4.81. The van der Waals surface area contributed by atoms with Crippen molar-refractivity contribution in [1.29, 1.82) is 0 Å². The zero-order valence-corrected chi connectivity index (χ0v) is 14.3. The molecule has 1 aromatic heterocycles. The first-order valence-electron chi connectivity index (χ1n) is 9.05. The van der Waals surface area contributed by atoms with Crippen LogP contribution in [0.2, 0.25) is 0 Å². The van der Waals surface area contributed by atoms with E-state index in [1.54, 1.807) is 24.5 Å². The number of pyridine rings is 1. The van der Waals surface area contributed by atoms with Crippen LogP contribution in [0.1, 0.15) is 33.6 Å². The first-order chi connectivity index (χ1) is 12.7. The third-order valence-electron chi connectivity index (χ3n) is 6.06. The molecule has 5 rings (SSSR count). The summed E-state index contributed by atoms with van der Waals surface area (Å²) in [7, 11) is 0. The lowest BCUT2D eigenvalue weighted by atomic mass is 9.89. The minimum absolute atomic E-state index is 0.0288. The minimum Gasteiger partial charge on any atom is -0.362 e. The highest BCUT2D eigenvalue weighted by atomic mass is 16.2. The van der Waals surface area contributed by atoms with Gasteiger partial charge in [0.1, 0.15) is 5.66 Å². The topological polar surface area (TPSA) is 74.3 Å². The van der Waals surface area contributed by atoms with Crippen LogP contribution in [0, 0.1) is 11.8 Å². The number of benzene rings is 1. The van der Waals surface area contributed by atoms with E-state index in [1.807, 2.05) is 29.2 Å². The fourth-order valence-electron chi connectivity index (χ4n) is 4.81. The predicted octanol–water partition coefficient (Wildman–Crippen LogP) is 2.12. The number of nitrogens with one attached hydrogen (secondary N) is 2. The van der Waals surface area contributed by atoms with Crippen molar-refractivity contribution >= 4 is 17.5 Å². The van der Waals surface area contributed by atoms with Crippen molar-refractivity contribution in [2.24, 2.45) is 11.8 Å². The van der Waals surface area contributed by atoms with Gasteiger partial charge in [-0.2, -0.15) is 0 Å². The zero-order valence-electron chi connectivity index (χ0n) is 14.3. The van der Waals surface area contributed by atoms with Gasteiger partial charge in [-0.3, -0.25) is 14.6 Å². The van der Waals surface area contributed by atoms with Crippen LogP contribution in [0.25, 0.3) is 0 Å². The van der Waals surface area contributed by atoms with Crippen LogP contribution in [0.15, 0.2) is 48.8 Å². The van der Waals surface area contributed by atoms with E-state index in [9.17, 15) is 9.59 Å². The number of hydrogen-bond acceptors (Lipinski definition) is 4. The summed E-state index contributed by atoms with van der Waals surface area (Å²) in [4.78, 5) is 31.3. The molecule has 2 N–H and O–H groups in total. The maximum atomic E-state index is 12.8. The van der Waals surface area contributed by atoms with Crippen LogP contribution >= 0.6 is 0 Å². The second-order valence-corrected chi connectivity index (χ2v) is 7.45. The fraction of sp³-hybridized carbons (Fsp3) is 0.350. The molecule has 2 aromatic rings. The Hall–Kier alpha value is -2.89. The molecule has 3 heterocycles. The Morgan fingerprint density at radius 2 is 1.92 bits per heavy atom. The Morgan fingerprint density at radius 1 is 1.12 bits per heavy atom. The maximum absolute atomic E-state index is 12.8. The van der Waals surface area contributed by atoms with Crippen LogP contribution in [-0.2, 0) is 0 Å². The molecule has 2 fully saturated rings. The van der Waals surface area contributed by atoms with Gasteiger partial charge in [0.2, 0.25) is 0 Å². The predicted molar refractivity (Wildman–Crippen MR) is 96.6 cm³/mol. The smallest absolute Gasteiger partial charge is 0.255 e. The van der Waals surface area contributed by atoms with Gasteiger partial charge in [-0.05, 0) is 43.0 Å². The van der Waals surface area contributed by atoms with Crippen molar-refractivity contribution in [1.82, 2.24) is 15.2 Å². The van der Waals surface area contributed by atoms with Gasteiger partial charge in [0.15, 0.2) is 0 Å². The van der Waals surface area contributed by atoms with E-state index < -0.39 is 5.66 Å². The van der Waals surface area contributed by atoms with Crippen LogP contribution < -0.4 is 10.6 Å². The normalized spacial score (nSPS) is 29.1. The number of aromatic nitrogens is 1. The maximum Gasteiger partial charge on any atom is 0.255 e. The third-order valence-corrected chi connectivity index (χ3v) is 6.06. The summed E-state index contributed by atoms with van der Waals surface area (Å²) < 4.78 is 0. The van der Waals surface area contributed by atoms with Crippen molar-refractivity contribution in [3.8, 4) is 0 Å². The molecule has 132 valence electrons. The molecule has 1 aromatic carbocycles. The highest BCUT2D eigenvalue weighted by Crippen LogP contribution is 2.47.